The van der Waals surface area contributed by atoms with Crippen LogP contribution in [0.3, 0.4) is 0 Å². The van der Waals surface area contributed by atoms with Crippen LogP contribution in [0.15, 0.2) is 42.5 Å². The summed E-state index contributed by atoms with van der Waals surface area (Å²) in [6, 6.07) is 14.7. The quantitative estimate of drug-likeness (QED) is 0.554. The molecule has 162 valence electrons. The van der Waals surface area contributed by atoms with Gasteiger partial charge in [-0.2, -0.15) is 10.4 Å². The van der Waals surface area contributed by atoms with E-state index in [2.05, 4.69) is 16.1 Å². The summed E-state index contributed by atoms with van der Waals surface area (Å²) in [4.78, 5) is 2.28. The van der Waals surface area contributed by atoms with E-state index in [4.69, 9.17) is 33.2 Å². The molecule has 0 fully saturated rings. The summed E-state index contributed by atoms with van der Waals surface area (Å²) in [6.45, 7) is 6.66. The molecule has 0 saturated heterocycles. The number of rotatable bonds is 5. The highest BCUT2D eigenvalue weighted by molar-refractivity contribution is 6.34. The smallest absolute Gasteiger partial charge is 0.175 e. The van der Waals surface area contributed by atoms with Crippen LogP contribution in [-0.4, -0.2) is 26.3 Å². The van der Waals surface area contributed by atoms with Gasteiger partial charge in [-0.15, -0.1) is 0 Å². The van der Waals surface area contributed by atoms with Crippen LogP contribution in [0.2, 0.25) is 10.0 Å². The summed E-state index contributed by atoms with van der Waals surface area (Å²) in [5.74, 6) is 1.03. The first kappa shape index (κ1) is 23.1. The second kappa shape index (κ2) is 10.7. The summed E-state index contributed by atoms with van der Waals surface area (Å²) < 4.78 is 7.93. The van der Waals surface area contributed by atoms with Gasteiger partial charge in [0.05, 0.1) is 30.5 Å². The molecule has 0 amide bonds. The zero-order valence-electron chi connectivity index (χ0n) is 17.5. The van der Waals surface area contributed by atoms with Crippen LogP contribution in [0.1, 0.15) is 36.4 Å². The molecule has 3 aromatic rings. The van der Waals surface area contributed by atoms with E-state index in [1.54, 1.807) is 18.2 Å². The Hall–Kier alpha value is -2.56. The molecule has 0 unspecified atom stereocenters. The highest BCUT2D eigenvalue weighted by Crippen LogP contribution is 2.34. The summed E-state index contributed by atoms with van der Waals surface area (Å²) in [6.07, 6.45) is 0. The fraction of sp³-hybridized carbons (Fsp3) is 0.304. The molecular weight excluding hydrogens is 435 g/mol. The minimum Gasteiger partial charge on any atom is -0.453 e. The van der Waals surface area contributed by atoms with E-state index in [1.165, 1.54) is 0 Å². The van der Waals surface area contributed by atoms with Gasteiger partial charge >= 0.3 is 0 Å². The van der Waals surface area contributed by atoms with Crippen molar-refractivity contribution in [2.75, 3.05) is 6.54 Å². The van der Waals surface area contributed by atoms with E-state index in [0.29, 0.717) is 45.9 Å². The Morgan fingerprint density at radius 2 is 1.77 bits per heavy atom. The van der Waals surface area contributed by atoms with Crippen LogP contribution in [-0.2, 0) is 26.2 Å². The van der Waals surface area contributed by atoms with Crippen LogP contribution in [0.25, 0.3) is 0 Å². The van der Waals surface area contributed by atoms with Gasteiger partial charge in [-0.25, -0.2) is 0 Å². The number of ether oxygens (including phenoxy) is 1. The van der Waals surface area contributed by atoms with Crippen molar-refractivity contribution < 1.29 is 9.84 Å². The molecule has 0 radical (unpaired) electrons. The molecule has 0 bridgehead atoms. The van der Waals surface area contributed by atoms with Gasteiger partial charge in [-0.3, -0.25) is 9.58 Å². The maximum absolute atomic E-state index is 9.76. The van der Waals surface area contributed by atoms with Crippen LogP contribution in [0.5, 0.6) is 11.5 Å². The molecule has 2 aromatic carbocycles. The summed E-state index contributed by atoms with van der Waals surface area (Å²) in [5.41, 5.74) is 3.15. The number of fused-ring (bicyclic) bond motifs is 1. The van der Waals surface area contributed by atoms with Gasteiger partial charge in [0.15, 0.2) is 5.75 Å². The number of aliphatic hydroxyl groups is 1. The van der Waals surface area contributed by atoms with Gasteiger partial charge in [0, 0.05) is 29.7 Å². The standard InChI is InChI=1S/C21H18Cl2N4O2.C2H6/c22-16-7-17(23)9-18(8-16)29-21-19(13-28)25-27-6-5-26(12-20(21)27)11-15-3-1-14(10-24)2-4-15;1-2/h1-4,7-9,28H,5-6,11-13H2;1-2H3. The minimum absolute atomic E-state index is 0.223. The first-order valence-electron chi connectivity index (χ1n) is 10.1. The Morgan fingerprint density at radius 1 is 1.10 bits per heavy atom. The predicted octanol–water partition coefficient (Wildman–Crippen LogP) is 5.39. The number of aliphatic hydroxyl groups excluding tert-OH is 1. The van der Waals surface area contributed by atoms with Crippen molar-refractivity contribution in [2.45, 2.75) is 40.1 Å². The fourth-order valence-electron chi connectivity index (χ4n) is 3.41. The lowest BCUT2D eigenvalue weighted by Crippen LogP contribution is -2.33. The molecular formula is C23H24Cl2N4O2. The second-order valence-electron chi connectivity index (χ2n) is 6.83. The molecule has 8 heteroatoms. The van der Waals surface area contributed by atoms with Crippen LogP contribution in [0, 0.1) is 11.3 Å². The number of halogens is 2. The first-order valence-corrected chi connectivity index (χ1v) is 10.9. The lowest BCUT2D eigenvalue weighted by atomic mass is 10.1. The molecule has 1 N–H and O–H groups in total. The molecule has 1 aliphatic heterocycles. The fourth-order valence-corrected chi connectivity index (χ4v) is 3.91. The largest absolute Gasteiger partial charge is 0.453 e. The third-order valence-electron chi connectivity index (χ3n) is 4.77. The zero-order chi connectivity index (χ0) is 22.4. The molecule has 2 heterocycles. The molecule has 1 aromatic heterocycles. The maximum atomic E-state index is 9.76. The molecule has 4 rings (SSSR count). The van der Waals surface area contributed by atoms with Crippen LogP contribution in [0.4, 0.5) is 0 Å². The Labute approximate surface area is 192 Å². The number of benzene rings is 2. The van der Waals surface area contributed by atoms with Crippen molar-refractivity contribution >= 4 is 23.2 Å². The summed E-state index contributed by atoms with van der Waals surface area (Å²) in [5, 5.41) is 24.1. The summed E-state index contributed by atoms with van der Waals surface area (Å²) in [7, 11) is 0. The molecule has 0 atom stereocenters. The number of nitrogens with zero attached hydrogens (tertiary/aromatic N) is 4. The summed E-state index contributed by atoms with van der Waals surface area (Å²) >= 11 is 12.2. The highest BCUT2D eigenvalue weighted by atomic mass is 35.5. The molecule has 1 aliphatic rings. The third kappa shape index (κ3) is 5.57. The Bertz CT molecular complexity index is 1050. The van der Waals surface area contributed by atoms with Crippen molar-refractivity contribution in [1.29, 1.82) is 5.26 Å². The van der Waals surface area contributed by atoms with E-state index in [9.17, 15) is 5.11 Å². The van der Waals surface area contributed by atoms with Gasteiger partial charge in [0.1, 0.15) is 11.4 Å². The molecule has 0 saturated carbocycles. The highest BCUT2D eigenvalue weighted by Gasteiger charge is 2.26. The number of hydrogen-bond acceptors (Lipinski definition) is 5. The third-order valence-corrected chi connectivity index (χ3v) is 5.21. The van der Waals surface area contributed by atoms with Gasteiger partial charge in [0.2, 0.25) is 0 Å². The van der Waals surface area contributed by atoms with E-state index < -0.39 is 0 Å². The van der Waals surface area contributed by atoms with E-state index >= 15 is 0 Å². The molecule has 0 aliphatic carbocycles. The topological polar surface area (TPSA) is 74.3 Å². The number of hydrogen-bond donors (Lipinski definition) is 1. The molecule has 0 spiro atoms. The van der Waals surface area contributed by atoms with Crippen molar-refractivity contribution in [1.82, 2.24) is 14.7 Å². The molecule has 31 heavy (non-hydrogen) atoms. The normalized spacial score (nSPS) is 13.0. The van der Waals surface area contributed by atoms with E-state index in [-0.39, 0.29) is 6.61 Å². The monoisotopic (exact) mass is 458 g/mol. The Balaban J connectivity index is 0.00000132. The van der Waals surface area contributed by atoms with Crippen molar-refractivity contribution in [3.8, 4) is 17.6 Å². The lowest BCUT2D eigenvalue weighted by Gasteiger charge is -2.28. The number of nitriles is 1. The van der Waals surface area contributed by atoms with Crippen molar-refractivity contribution in [3.63, 3.8) is 0 Å². The van der Waals surface area contributed by atoms with Crippen LogP contribution >= 0.6 is 23.2 Å². The average molecular weight is 459 g/mol. The van der Waals surface area contributed by atoms with Gasteiger partial charge in [-0.1, -0.05) is 49.2 Å². The van der Waals surface area contributed by atoms with E-state index in [1.807, 2.05) is 42.8 Å². The number of aromatic nitrogens is 2. The average Bonchev–Trinajstić information content (AvgIpc) is 3.12. The van der Waals surface area contributed by atoms with Gasteiger partial charge in [0.25, 0.3) is 0 Å². The lowest BCUT2D eigenvalue weighted by molar-refractivity contribution is 0.202. The first-order chi connectivity index (χ1) is 15.1. The van der Waals surface area contributed by atoms with E-state index in [0.717, 1.165) is 24.3 Å². The Morgan fingerprint density at radius 3 is 2.39 bits per heavy atom. The van der Waals surface area contributed by atoms with Gasteiger partial charge in [-0.05, 0) is 35.9 Å². The van der Waals surface area contributed by atoms with Gasteiger partial charge < -0.3 is 9.84 Å². The van der Waals surface area contributed by atoms with Crippen molar-refractivity contribution in [2.24, 2.45) is 0 Å². The minimum atomic E-state index is -0.223. The second-order valence-corrected chi connectivity index (χ2v) is 7.70. The zero-order valence-corrected chi connectivity index (χ0v) is 19.0. The predicted molar refractivity (Wildman–Crippen MR) is 121 cm³/mol. The molecule has 6 nitrogen and oxygen atoms in total. The maximum Gasteiger partial charge on any atom is 0.175 e. The van der Waals surface area contributed by atoms with Crippen molar-refractivity contribution in [3.05, 3.63) is 75.0 Å². The van der Waals surface area contributed by atoms with Crippen LogP contribution < -0.4 is 4.74 Å². The SMILES string of the molecule is CC.N#Cc1ccc(CN2CCn3nc(CO)c(Oc4cc(Cl)cc(Cl)c4)c3C2)cc1. The Kier molecular flexibility index (Phi) is 7.94.